The van der Waals surface area contributed by atoms with E-state index in [1.807, 2.05) is 30.5 Å². The summed E-state index contributed by atoms with van der Waals surface area (Å²) in [5.41, 5.74) is 4.63. The Bertz CT molecular complexity index is 703. The lowest BCUT2D eigenvalue weighted by atomic mass is 10.1. The lowest BCUT2D eigenvalue weighted by Crippen LogP contribution is -2.23. The third-order valence-electron chi connectivity index (χ3n) is 3.22. The normalized spacial score (nSPS) is 11.5. The Kier molecular flexibility index (Phi) is 5.30. The number of ether oxygens (including phenoxy) is 1. The number of aromatic nitrogens is 1. The molecule has 6 nitrogen and oxygen atoms in total. The maximum Gasteiger partial charge on any atom is 0.354 e. The summed E-state index contributed by atoms with van der Waals surface area (Å²) in [5, 5.41) is 4.85. The van der Waals surface area contributed by atoms with Gasteiger partial charge in [0.1, 0.15) is 5.71 Å². The monoisotopic (exact) mass is 301 g/mol. The van der Waals surface area contributed by atoms with Crippen molar-refractivity contribution >= 4 is 28.5 Å². The number of fused-ring (bicyclic) bond motifs is 1. The van der Waals surface area contributed by atoms with Crippen molar-refractivity contribution in [2.45, 2.75) is 26.7 Å². The van der Waals surface area contributed by atoms with Crippen LogP contribution >= 0.6 is 0 Å². The van der Waals surface area contributed by atoms with Crippen LogP contribution in [0.15, 0.2) is 35.6 Å². The minimum absolute atomic E-state index is 0.127. The van der Waals surface area contributed by atoms with Gasteiger partial charge in [-0.2, -0.15) is 5.10 Å². The first-order chi connectivity index (χ1) is 10.6. The summed E-state index contributed by atoms with van der Waals surface area (Å²) in [6.45, 7) is 3.49. The van der Waals surface area contributed by atoms with Crippen LogP contribution in [0.1, 0.15) is 25.8 Å². The van der Waals surface area contributed by atoms with Gasteiger partial charge < -0.3 is 9.72 Å². The molecular formula is C16H19N3O3. The Labute approximate surface area is 128 Å². The number of para-hydroxylation sites is 1. The van der Waals surface area contributed by atoms with Crippen molar-refractivity contribution in [3.63, 3.8) is 0 Å². The van der Waals surface area contributed by atoms with Crippen LogP contribution in [0.3, 0.4) is 0 Å². The van der Waals surface area contributed by atoms with E-state index >= 15 is 0 Å². The second kappa shape index (κ2) is 7.40. The summed E-state index contributed by atoms with van der Waals surface area (Å²) in [6, 6.07) is 7.93. The van der Waals surface area contributed by atoms with E-state index in [1.165, 1.54) is 6.92 Å². The summed E-state index contributed by atoms with van der Waals surface area (Å²) >= 11 is 0. The molecule has 0 aliphatic heterocycles. The van der Waals surface area contributed by atoms with Crippen LogP contribution in [0.25, 0.3) is 10.9 Å². The molecule has 0 unspecified atom stereocenters. The number of H-pyrrole nitrogens is 1. The first-order valence-corrected chi connectivity index (χ1v) is 7.17. The third kappa shape index (κ3) is 3.94. The Morgan fingerprint density at radius 2 is 2.09 bits per heavy atom. The number of aryl methyl sites for hydroxylation is 1. The molecule has 1 aromatic heterocycles. The average molecular weight is 301 g/mol. The van der Waals surface area contributed by atoms with Gasteiger partial charge in [0.25, 0.3) is 0 Å². The Balaban J connectivity index is 1.88. The highest BCUT2D eigenvalue weighted by molar-refractivity contribution is 6.35. The number of esters is 1. The van der Waals surface area contributed by atoms with Gasteiger partial charge in [0.05, 0.1) is 6.61 Å². The van der Waals surface area contributed by atoms with Crippen molar-refractivity contribution in [2.75, 3.05) is 6.61 Å². The zero-order valence-electron chi connectivity index (χ0n) is 12.7. The van der Waals surface area contributed by atoms with Gasteiger partial charge >= 0.3 is 5.97 Å². The number of aromatic amines is 1. The van der Waals surface area contributed by atoms with E-state index in [1.54, 1.807) is 6.92 Å². The molecule has 0 saturated heterocycles. The minimum atomic E-state index is -0.528. The molecule has 2 N–H and O–H groups in total. The second-order valence-corrected chi connectivity index (χ2v) is 4.81. The number of benzene rings is 1. The molecule has 0 bridgehead atoms. The molecule has 2 aromatic rings. The van der Waals surface area contributed by atoms with E-state index in [2.05, 4.69) is 15.5 Å². The molecule has 22 heavy (non-hydrogen) atoms. The molecular weight excluding hydrogens is 282 g/mol. The Hall–Kier alpha value is -2.63. The van der Waals surface area contributed by atoms with Crippen LogP contribution in [0, 0.1) is 0 Å². The Morgan fingerprint density at radius 3 is 2.86 bits per heavy atom. The number of carbonyl (C=O) groups is 2. The number of rotatable bonds is 6. The van der Waals surface area contributed by atoms with Gasteiger partial charge in [-0.3, -0.25) is 4.79 Å². The first kappa shape index (κ1) is 15.8. The molecule has 0 fully saturated rings. The highest BCUT2D eigenvalue weighted by Crippen LogP contribution is 2.18. The number of hydrogen-bond donors (Lipinski definition) is 2. The molecule has 2 rings (SSSR count). The number of nitrogens with one attached hydrogen (secondary N) is 2. The van der Waals surface area contributed by atoms with Crippen LogP contribution in [-0.2, 0) is 20.7 Å². The fourth-order valence-electron chi connectivity index (χ4n) is 2.07. The topological polar surface area (TPSA) is 83.5 Å². The van der Waals surface area contributed by atoms with E-state index in [4.69, 9.17) is 4.74 Å². The standard InChI is InChI=1S/C16H19N3O3/c1-3-22-16(21)11(2)18-19-15(20)9-8-12-10-17-14-7-5-4-6-13(12)14/h4-7,10,17H,3,8-9H2,1-2H3,(H,19,20). The van der Waals surface area contributed by atoms with Crippen molar-refractivity contribution < 1.29 is 14.3 Å². The molecule has 6 heteroatoms. The summed E-state index contributed by atoms with van der Waals surface area (Å²) in [5.74, 6) is -0.770. The predicted molar refractivity (Wildman–Crippen MR) is 84.5 cm³/mol. The summed E-state index contributed by atoms with van der Waals surface area (Å²) < 4.78 is 4.78. The molecule has 116 valence electrons. The Morgan fingerprint density at radius 1 is 1.32 bits per heavy atom. The number of hydrogen-bond acceptors (Lipinski definition) is 4. The van der Waals surface area contributed by atoms with Crippen molar-refractivity contribution in [1.29, 1.82) is 0 Å². The van der Waals surface area contributed by atoms with Crippen LogP contribution in [-0.4, -0.2) is 29.2 Å². The lowest BCUT2D eigenvalue weighted by molar-refractivity contribution is -0.135. The first-order valence-electron chi connectivity index (χ1n) is 7.17. The summed E-state index contributed by atoms with van der Waals surface area (Å²) in [6.07, 6.45) is 2.80. The third-order valence-corrected chi connectivity index (χ3v) is 3.22. The van der Waals surface area contributed by atoms with Crippen LogP contribution in [0.2, 0.25) is 0 Å². The molecule has 0 aliphatic carbocycles. The van der Waals surface area contributed by atoms with Gasteiger partial charge in [-0.1, -0.05) is 18.2 Å². The second-order valence-electron chi connectivity index (χ2n) is 4.81. The predicted octanol–water partition coefficient (Wildman–Crippen LogP) is 2.16. The zero-order chi connectivity index (χ0) is 15.9. The highest BCUT2D eigenvalue weighted by atomic mass is 16.5. The number of hydrazone groups is 1. The molecule has 0 spiro atoms. The van der Waals surface area contributed by atoms with E-state index in [-0.39, 0.29) is 18.2 Å². The van der Waals surface area contributed by atoms with E-state index in [9.17, 15) is 9.59 Å². The van der Waals surface area contributed by atoms with E-state index in [0.29, 0.717) is 12.8 Å². The molecule has 1 amide bonds. The number of amides is 1. The van der Waals surface area contributed by atoms with Crippen LogP contribution < -0.4 is 5.43 Å². The van der Waals surface area contributed by atoms with Gasteiger partial charge in [-0.15, -0.1) is 0 Å². The molecule has 0 radical (unpaired) electrons. The molecule has 0 saturated carbocycles. The molecule has 1 aromatic carbocycles. The summed E-state index contributed by atoms with van der Waals surface area (Å²) in [7, 11) is 0. The molecule has 0 aliphatic rings. The molecule has 0 atom stereocenters. The number of nitrogens with zero attached hydrogens (tertiary/aromatic N) is 1. The maximum atomic E-state index is 11.8. The molecule has 1 heterocycles. The van der Waals surface area contributed by atoms with Crippen molar-refractivity contribution in [2.24, 2.45) is 5.10 Å². The smallest absolute Gasteiger partial charge is 0.354 e. The van der Waals surface area contributed by atoms with Gasteiger partial charge in [-0.05, 0) is 31.9 Å². The number of carbonyl (C=O) groups excluding carboxylic acids is 2. The average Bonchev–Trinajstić information content (AvgIpc) is 2.94. The fourth-order valence-corrected chi connectivity index (χ4v) is 2.07. The van der Waals surface area contributed by atoms with Gasteiger partial charge in [0.2, 0.25) is 5.91 Å². The van der Waals surface area contributed by atoms with Crippen LogP contribution in [0.5, 0.6) is 0 Å². The van der Waals surface area contributed by atoms with Crippen LogP contribution in [0.4, 0.5) is 0 Å². The zero-order valence-corrected chi connectivity index (χ0v) is 12.7. The van der Waals surface area contributed by atoms with Gasteiger partial charge in [-0.25, -0.2) is 10.2 Å². The largest absolute Gasteiger partial charge is 0.461 e. The summed E-state index contributed by atoms with van der Waals surface area (Å²) in [4.78, 5) is 26.3. The van der Waals surface area contributed by atoms with Crippen molar-refractivity contribution in [3.05, 3.63) is 36.0 Å². The van der Waals surface area contributed by atoms with Gasteiger partial charge in [0, 0.05) is 23.5 Å². The highest BCUT2D eigenvalue weighted by Gasteiger charge is 2.09. The SMILES string of the molecule is CCOC(=O)C(C)=NNC(=O)CCc1c[nH]c2ccccc12. The maximum absolute atomic E-state index is 11.8. The lowest BCUT2D eigenvalue weighted by Gasteiger charge is -2.02. The van der Waals surface area contributed by atoms with Crippen molar-refractivity contribution in [1.82, 2.24) is 10.4 Å². The van der Waals surface area contributed by atoms with E-state index in [0.717, 1.165) is 16.5 Å². The van der Waals surface area contributed by atoms with Crippen molar-refractivity contribution in [3.8, 4) is 0 Å². The minimum Gasteiger partial charge on any atom is -0.461 e. The fraction of sp³-hybridized carbons (Fsp3) is 0.312. The van der Waals surface area contributed by atoms with E-state index < -0.39 is 5.97 Å². The van der Waals surface area contributed by atoms with Gasteiger partial charge in [0.15, 0.2) is 0 Å². The quantitative estimate of drug-likeness (QED) is 0.487.